The average Bonchev–Trinajstić information content (AvgIpc) is 3.16. The molecule has 0 radical (unpaired) electrons. The molecule has 5 nitrogen and oxygen atoms in total. The van der Waals surface area contributed by atoms with E-state index in [4.69, 9.17) is 0 Å². The van der Waals surface area contributed by atoms with Crippen molar-refractivity contribution < 1.29 is 0 Å². The Balaban J connectivity index is 0.000000595. The summed E-state index contributed by atoms with van der Waals surface area (Å²) in [4.78, 5) is 16.4. The summed E-state index contributed by atoms with van der Waals surface area (Å²) in [5, 5.41) is 1.12. The zero-order valence-electron chi connectivity index (χ0n) is 14.2. The van der Waals surface area contributed by atoms with E-state index in [-0.39, 0.29) is 0 Å². The molecule has 1 saturated carbocycles. The van der Waals surface area contributed by atoms with Crippen LogP contribution in [-0.2, 0) is 0 Å². The lowest BCUT2D eigenvalue weighted by atomic mass is 10.2. The van der Waals surface area contributed by atoms with Crippen LogP contribution < -0.4 is 0 Å². The molecule has 2 aromatic heterocycles. The first-order valence-electron chi connectivity index (χ1n) is 8.04. The van der Waals surface area contributed by atoms with Gasteiger partial charge in [-0.15, -0.1) is 0 Å². The molecule has 0 bridgehead atoms. The minimum absolute atomic E-state index is 0.587. The minimum Gasteiger partial charge on any atom is -0.329 e. The Morgan fingerprint density at radius 2 is 2.04 bits per heavy atom. The second-order valence-corrected chi connectivity index (χ2v) is 5.62. The molecule has 5 heteroatoms. The molecule has 0 spiro atoms. The minimum atomic E-state index is 0.587. The van der Waals surface area contributed by atoms with E-state index in [0.717, 1.165) is 22.4 Å². The zero-order valence-corrected chi connectivity index (χ0v) is 14.2. The first-order valence-corrected chi connectivity index (χ1v) is 8.04. The van der Waals surface area contributed by atoms with Gasteiger partial charge in [0.1, 0.15) is 11.5 Å². The highest BCUT2D eigenvalue weighted by Crippen LogP contribution is 2.33. The molecule has 0 amide bonds. The van der Waals surface area contributed by atoms with E-state index in [2.05, 4.69) is 37.4 Å². The Bertz CT molecular complexity index is 706. The molecule has 1 aliphatic carbocycles. The summed E-state index contributed by atoms with van der Waals surface area (Å²) in [6.07, 6.45) is 14.9. The summed E-state index contributed by atoms with van der Waals surface area (Å²) >= 11 is 0. The lowest BCUT2D eigenvalue weighted by Crippen LogP contribution is -2.04. The molecule has 1 fully saturated rings. The highest BCUT2D eigenvalue weighted by molar-refractivity contribution is 5.86. The van der Waals surface area contributed by atoms with Gasteiger partial charge in [-0.25, -0.2) is 9.97 Å². The van der Waals surface area contributed by atoms with Crippen LogP contribution >= 0.6 is 0 Å². The number of rotatable bonds is 3. The van der Waals surface area contributed by atoms with Gasteiger partial charge in [-0.05, 0) is 39.5 Å². The highest BCUT2D eigenvalue weighted by Gasteiger charge is 2.20. The van der Waals surface area contributed by atoms with E-state index in [1.54, 1.807) is 13.3 Å². The van der Waals surface area contributed by atoms with Gasteiger partial charge in [0.25, 0.3) is 0 Å². The lowest BCUT2D eigenvalue weighted by Gasteiger charge is -2.12. The van der Waals surface area contributed by atoms with Gasteiger partial charge in [0, 0.05) is 48.8 Å². The van der Waals surface area contributed by atoms with E-state index in [1.165, 1.54) is 25.7 Å². The zero-order chi connectivity index (χ0) is 16.7. The molecule has 1 aliphatic rings. The summed E-state index contributed by atoms with van der Waals surface area (Å²) in [6.45, 7) is 6.97. The Hall–Kier alpha value is -2.30. The van der Waals surface area contributed by atoms with Crippen LogP contribution in [0.4, 0.5) is 0 Å². The molecule has 23 heavy (non-hydrogen) atoms. The summed E-state index contributed by atoms with van der Waals surface area (Å²) < 4.78 is 2.34. The smallest absolute Gasteiger partial charge is 0.144 e. The Labute approximate surface area is 137 Å². The van der Waals surface area contributed by atoms with Crippen molar-refractivity contribution in [3.63, 3.8) is 0 Å². The van der Waals surface area contributed by atoms with Crippen molar-refractivity contribution in [2.75, 3.05) is 7.05 Å². The summed E-state index contributed by atoms with van der Waals surface area (Å²) in [7, 11) is 1.64. The second-order valence-electron chi connectivity index (χ2n) is 5.62. The fourth-order valence-electron chi connectivity index (χ4n) is 2.94. The molecule has 0 N–H and O–H groups in total. The van der Waals surface area contributed by atoms with Crippen molar-refractivity contribution in [2.45, 2.75) is 45.6 Å². The normalized spacial score (nSPS) is 15.4. The van der Waals surface area contributed by atoms with Gasteiger partial charge in [-0.3, -0.25) is 4.99 Å². The SMILES string of the molecule is C=NC.CC=N/C=C\c1cn(C2CCCC2)c2nc(C)ncc12. The van der Waals surface area contributed by atoms with Crippen LogP contribution in [0.25, 0.3) is 17.1 Å². The number of hydrogen-bond donors (Lipinski definition) is 0. The summed E-state index contributed by atoms with van der Waals surface area (Å²) in [5.41, 5.74) is 2.21. The second kappa shape index (κ2) is 8.36. The predicted molar refractivity (Wildman–Crippen MR) is 98.4 cm³/mol. The molecule has 2 aromatic rings. The summed E-state index contributed by atoms with van der Waals surface area (Å²) in [5.74, 6) is 0.831. The monoisotopic (exact) mass is 311 g/mol. The number of hydrogen-bond acceptors (Lipinski definition) is 4. The predicted octanol–water partition coefficient (Wildman–Crippen LogP) is 4.23. The van der Waals surface area contributed by atoms with Gasteiger partial charge >= 0.3 is 0 Å². The van der Waals surface area contributed by atoms with Crippen molar-refractivity contribution in [3.05, 3.63) is 30.0 Å². The Kier molecular flexibility index (Phi) is 6.20. The van der Waals surface area contributed by atoms with Gasteiger partial charge in [0.05, 0.1) is 0 Å². The van der Waals surface area contributed by atoms with Crippen molar-refractivity contribution >= 4 is 30.0 Å². The first-order chi connectivity index (χ1) is 11.2. The number of nitrogens with zero attached hydrogens (tertiary/aromatic N) is 5. The number of aliphatic imine (C=N–C) groups is 2. The largest absolute Gasteiger partial charge is 0.329 e. The highest BCUT2D eigenvalue weighted by atomic mass is 15.1. The third kappa shape index (κ3) is 4.12. The van der Waals surface area contributed by atoms with Crippen LogP contribution in [0, 0.1) is 6.92 Å². The van der Waals surface area contributed by atoms with E-state index in [0.29, 0.717) is 6.04 Å². The molecule has 2 heterocycles. The number of aryl methyl sites for hydroxylation is 1. The molecular formula is C18H25N5. The van der Waals surface area contributed by atoms with E-state index in [1.807, 2.05) is 32.3 Å². The van der Waals surface area contributed by atoms with Crippen LogP contribution in [-0.4, -0.2) is 34.5 Å². The topological polar surface area (TPSA) is 55.4 Å². The average molecular weight is 311 g/mol. The maximum Gasteiger partial charge on any atom is 0.144 e. The van der Waals surface area contributed by atoms with Gasteiger partial charge in [-0.1, -0.05) is 12.8 Å². The third-order valence-electron chi connectivity index (χ3n) is 3.93. The van der Waals surface area contributed by atoms with Crippen LogP contribution in [0.2, 0.25) is 0 Å². The van der Waals surface area contributed by atoms with Gasteiger partial charge < -0.3 is 9.56 Å². The van der Waals surface area contributed by atoms with Crippen molar-refractivity contribution in [2.24, 2.45) is 9.98 Å². The lowest BCUT2D eigenvalue weighted by molar-refractivity contribution is 0.531. The third-order valence-corrected chi connectivity index (χ3v) is 3.93. The molecule has 0 saturated heterocycles. The van der Waals surface area contributed by atoms with E-state index >= 15 is 0 Å². The van der Waals surface area contributed by atoms with Crippen molar-refractivity contribution in [1.29, 1.82) is 0 Å². The van der Waals surface area contributed by atoms with Crippen molar-refractivity contribution in [3.8, 4) is 0 Å². The molecule has 0 unspecified atom stereocenters. The van der Waals surface area contributed by atoms with Gasteiger partial charge in [-0.2, -0.15) is 0 Å². The molecule has 0 aromatic carbocycles. The van der Waals surface area contributed by atoms with Gasteiger partial charge in [0.2, 0.25) is 0 Å². The standard InChI is InChI=1S/C16H20N4.C2H5N/c1-3-17-9-8-13-11-20(14-6-4-5-7-14)16-15(13)10-18-12(2)19-16;1-3-2/h3,8-11,14H,4-7H2,1-2H3;1H2,2H3/b9-8-,17-3?;. The quantitative estimate of drug-likeness (QED) is 0.796. The van der Waals surface area contributed by atoms with Crippen LogP contribution in [0.3, 0.4) is 0 Å². The fourth-order valence-corrected chi connectivity index (χ4v) is 2.94. The van der Waals surface area contributed by atoms with Crippen LogP contribution in [0.5, 0.6) is 0 Å². The number of aromatic nitrogens is 3. The maximum absolute atomic E-state index is 4.65. The van der Waals surface area contributed by atoms with Crippen LogP contribution in [0.1, 0.15) is 50.0 Å². The molecule has 0 aliphatic heterocycles. The van der Waals surface area contributed by atoms with Crippen LogP contribution in [0.15, 0.2) is 28.6 Å². The maximum atomic E-state index is 4.65. The number of fused-ring (bicyclic) bond motifs is 1. The molecule has 0 atom stereocenters. The fraction of sp³-hybridized carbons (Fsp3) is 0.444. The van der Waals surface area contributed by atoms with Gasteiger partial charge in [0.15, 0.2) is 0 Å². The van der Waals surface area contributed by atoms with Crippen molar-refractivity contribution in [1.82, 2.24) is 14.5 Å². The Morgan fingerprint density at radius 3 is 2.70 bits per heavy atom. The summed E-state index contributed by atoms with van der Waals surface area (Å²) in [6, 6.07) is 0.587. The first kappa shape index (κ1) is 17.1. The molecule has 3 rings (SSSR count). The van der Waals surface area contributed by atoms with E-state index < -0.39 is 0 Å². The van der Waals surface area contributed by atoms with E-state index in [9.17, 15) is 0 Å². The molecular weight excluding hydrogens is 286 g/mol. The Morgan fingerprint density at radius 1 is 1.35 bits per heavy atom. The molecule has 122 valence electrons.